The van der Waals surface area contributed by atoms with Gasteiger partial charge in [0.25, 0.3) is 11.5 Å². The predicted octanol–water partition coefficient (Wildman–Crippen LogP) is 4.12. The molecule has 31 heavy (non-hydrogen) atoms. The van der Waals surface area contributed by atoms with Crippen LogP contribution in [-0.2, 0) is 11.3 Å². The van der Waals surface area contributed by atoms with E-state index < -0.39 is 17.3 Å². The van der Waals surface area contributed by atoms with Crippen LogP contribution < -0.4 is 10.9 Å². The fraction of sp³-hybridized carbons (Fsp3) is 0.333. The summed E-state index contributed by atoms with van der Waals surface area (Å²) in [6.07, 6.45) is 1.87. The number of ether oxygens (including phenoxy) is 1. The Bertz CT molecular complexity index is 1200. The monoisotopic (exact) mass is 426 g/mol. The molecule has 1 amide bonds. The number of carbonyl (C=O) groups excluding carboxylic acids is 1. The van der Waals surface area contributed by atoms with Crippen LogP contribution in [0.3, 0.4) is 0 Å². The van der Waals surface area contributed by atoms with Gasteiger partial charge in [0.15, 0.2) is 0 Å². The summed E-state index contributed by atoms with van der Waals surface area (Å²) in [5.74, 6) is -1.24. The number of benzene rings is 2. The Morgan fingerprint density at radius 1 is 1.23 bits per heavy atom. The molecule has 0 aliphatic heterocycles. The van der Waals surface area contributed by atoms with Crippen molar-refractivity contribution < 1.29 is 18.3 Å². The second-order valence-corrected chi connectivity index (χ2v) is 7.92. The van der Waals surface area contributed by atoms with E-state index >= 15 is 0 Å². The highest BCUT2D eigenvalue weighted by Crippen LogP contribution is 2.41. The topological polar surface area (TPSA) is 60.3 Å². The average molecular weight is 426 g/mol. The van der Waals surface area contributed by atoms with E-state index in [0.717, 1.165) is 12.8 Å². The highest BCUT2D eigenvalue weighted by molar-refractivity contribution is 6.08. The SMILES string of the molecule is COCCn1c(C)c(C(=O)N[C@H](c2cccc(F)c2)C2CC2)c2cccc(F)c2c1=O. The van der Waals surface area contributed by atoms with Gasteiger partial charge in [-0.15, -0.1) is 0 Å². The van der Waals surface area contributed by atoms with Crippen LogP contribution in [0.25, 0.3) is 10.8 Å². The molecule has 3 aromatic rings. The van der Waals surface area contributed by atoms with Gasteiger partial charge in [-0.1, -0.05) is 24.3 Å². The lowest BCUT2D eigenvalue weighted by molar-refractivity contribution is 0.0931. The number of methoxy groups -OCH3 is 1. The molecule has 1 N–H and O–H groups in total. The van der Waals surface area contributed by atoms with Crippen LogP contribution in [0, 0.1) is 24.5 Å². The average Bonchev–Trinajstić information content (AvgIpc) is 3.57. The largest absolute Gasteiger partial charge is 0.383 e. The lowest BCUT2D eigenvalue weighted by Gasteiger charge is -2.22. The molecule has 1 aromatic heterocycles. The van der Waals surface area contributed by atoms with Gasteiger partial charge in [0.2, 0.25) is 0 Å². The van der Waals surface area contributed by atoms with E-state index in [9.17, 15) is 18.4 Å². The summed E-state index contributed by atoms with van der Waals surface area (Å²) in [4.78, 5) is 26.4. The van der Waals surface area contributed by atoms with Crippen molar-refractivity contribution in [1.82, 2.24) is 9.88 Å². The smallest absolute Gasteiger partial charge is 0.261 e. The molecule has 1 heterocycles. The third-order valence-corrected chi connectivity index (χ3v) is 5.84. The van der Waals surface area contributed by atoms with Crippen molar-refractivity contribution >= 4 is 16.7 Å². The van der Waals surface area contributed by atoms with Crippen LogP contribution in [0.15, 0.2) is 47.3 Å². The Kier molecular flexibility index (Phi) is 5.87. The number of carbonyl (C=O) groups is 1. The fourth-order valence-corrected chi connectivity index (χ4v) is 4.12. The molecular formula is C24H24F2N2O3. The third-order valence-electron chi connectivity index (χ3n) is 5.84. The molecule has 1 aliphatic rings. The zero-order valence-corrected chi connectivity index (χ0v) is 17.5. The van der Waals surface area contributed by atoms with Gasteiger partial charge in [-0.05, 0) is 49.4 Å². The lowest BCUT2D eigenvalue weighted by Crippen LogP contribution is -2.34. The van der Waals surface area contributed by atoms with Gasteiger partial charge >= 0.3 is 0 Å². The Balaban J connectivity index is 1.81. The molecule has 1 atom stereocenters. The first-order valence-corrected chi connectivity index (χ1v) is 10.3. The number of aromatic nitrogens is 1. The highest BCUT2D eigenvalue weighted by Gasteiger charge is 2.34. The molecule has 1 fully saturated rings. The summed E-state index contributed by atoms with van der Waals surface area (Å²) in [7, 11) is 1.51. The minimum absolute atomic E-state index is 0.122. The van der Waals surface area contributed by atoms with Crippen LogP contribution in [0.2, 0.25) is 0 Å². The number of nitrogens with one attached hydrogen (secondary N) is 1. The van der Waals surface area contributed by atoms with Crippen molar-refractivity contribution in [2.75, 3.05) is 13.7 Å². The molecule has 0 spiro atoms. The highest BCUT2D eigenvalue weighted by atomic mass is 19.1. The number of fused-ring (bicyclic) bond motifs is 1. The maximum absolute atomic E-state index is 14.6. The molecule has 0 saturated heterocycles. The van der Waals surface area contributed by atoms with Crippen molar-refractivity contribution in [2.24, 2.45) is 5.92 Å². The third kappa shape index (κ3) is 4.10. The maximum atomic E-state index is 14.6. The summed E-state index contributed by atoms with van der Waals surface area (Å²) in [5, 5.41) is 3.16. The van der Waals surface area contributed by atoms with Crippen molar-refractivity contribution in [1.29, 1.82) is 0 Å². The summed E-state index contributed by atoms with van der Waals surface area (Å²) in [6, 6.07) is 10.1. The molecule has 1 aliphatic carbocycles. The van der Waals surface area contributed by atoms with Crippen molar-refractivity contribution in [3.63, 3.8) is 0 Å². The molecule has 4 rings (SSSR count). The fourth-order valence-electron chi connectivity index (χ4n) is 4.12. The standard InChI is InChI=1S/C24H24F2N2O3/c1-14-20(18-7-4-8-19(26)21(18)24(30)28(14)11-12-31-2)23(29)27-22(15-9-10-15)16-5-3-6-17(25)13-16/h3-8,13,15,22H,9-12H2,1-2H3,(H,27,29)/t22-/m0/s1. The lowest BCUT2D eigenvalue weighted by atomic mass is 9.99. The molecule has 0 radical (unpaired) electrons. The van der Waals surface area contributed by atoms with E-state index in [1.54, 1.807) is 25.1 Å². The predicted molar refractivity (Wildman–Crippen MR) is 114 cm³/mol. The summed E-state index contributed by atoms with van der Waals surface area (Å²) in [5.41, 5.74) is 0.874. The Hall–Kier alpha value is -3.06. The first-order chi connectivity index (χ1) is 14.9. The van der Waals surface area contributed by atoms with E-state index in [0.29, 0.717) is 11.3 Å². The van der Waals surface area contributed by atoms with Crippen LogP contribution in [0.5, 0.6) is 0 Å². The molecule has 5 nitrogen and oxygen atoms in total. The molecule has 162 valence electrons. The first kappa shape index (κ1) is 21.2. The van der Waals surface area contributed by atoms with Gasteiger partial charge in [0.05, 0.1) is 23.6 Å². The summed E-state index contributed by atoms with van der Waals surface area (Å²) in [6.45, 7) is 2.11. The number of halogens is 2. The number of rotatable bonds is 7. The van der Waals surface area contributed by atoms with Crippen LogP contribution in [0.1, 0.15) is 40.5 Å². The number of hydrogen-bond donors (Lipinski definition) is 1. The summed E-state index contributed by atoms with van der Waals surface area (Å²) < 4.78 is 34.9. The van der Waals surface area contributed by atoms with Gasteiger partial charge < -0.3 is 14.6 Å². The number of hydrogen-bond acceptors (Lipinski definition) is 3. The Morgan fingerprint density at radius 3 is 2.65 bits per heavy atom. The number of nitrogens with zero attached hydrogens (tertiary/aromatic N) is 1. The Morgan fingerprint density at radius 2 is 1.97 bits per heavy atom. The molecular weight excluding hydrogens is 402 g/mol. The van der Waals surface area contributed by atoms with E-state index in [-0.39, 0.29) is 47.3 Å². The van der Waals surface area contributed by atoms with Gasteiger partial charge in [-0.2, -0.15) is 0 Å². The molecule has 2 aromatic carbocycles. The van der Waals surface area contributed by atoms with E-state index in [2.05, 4.69) is 5.32 Å². The molecule has 1 saturated carbocycles. The quantitative estimate of drug-likeness (QED) is 0.618. The number of pyridine rings is 1. The van der Waals surface area contributed by atoms with E-state index in [1.807, 2.05) is 0 Å². The van der Waals surface area contributed by atoms with Crippen LogP contribution >= 0.6 is 0 Å². The first-order valence-electron chi connectivity index (χ1n) is 10.3. The molecule has 7 heteroatoms. The van der Waals surface area contributed by atoms with Gasteiger partial charge in [-0.25, -0.2) is 8.78 Å². The maximum Gasteiger partial charge on any atom is 0.261 e. The Labute approximate surface area is 178 Å². The minimum atomic E-state index is -0.674. The zero-order chi connectivity index (χ0) is 22.1. The zero-order valence-electron chi connectivity index (χ0n) is 17.5. The van der Waals surface area contributed by atoms with Crippen molar-refractivity contribution in [3.8, 4) is 0 Å². The van der Waals surface area contributed by atoms with Crippen LogP contribution in [0.4, 0.5) is 8.78 Å². The van der Waals surface area contributed by atoms with E-state index in [1.165, 1.54) is 35.9 Å². The normalized spacial score (nSPS) is 14.6. The van der Waals surface area contributed by atoms with E-state index in [4.69, 9.17) is 4.74 Å². The number of amides is 1. The van der Waals surface area contributed by atoms with Gasteiger partial charge in [0.1, 0.15) is 11.6 Å². The second-order valence-electron chi connectivity index (χ2n) is 7.92. The van der Waals surface area contributed by atoms with Crippen molar-refractivity contribution in [2.45, 2.75) is 32.4 Å². The minimum Gasteiger partial charge on any atom is -0.383 e. The van der Waals surface area contributed by atoms with Crippen LogP contribution in [-0.4, -0.2) is 24.2 Å². The van der Waals surface area contributed by atoms with Gasteiger partial charge in [-0.3, -0.25) is 9.59 Å². The second kappa shape index (κ2) is 8.59. The molecule has 0 bridgehead atoms. The summed E-state index contributed by atoms with van der Waals surface area (Å²) >= 11 is 0. The molecule has 0 unspecified atom stereocenters. The van der Waals surface area contributed by atoms with Gasteiger partial charge in [0, 0.05) is 24.7 Å². The van der Waals surface area contributed by atoms with Crippen molar-refractivity contribution in [3.05, 3.63) is 81.3 Å².